The van der Waals surface area contributed by atoms with Crippen LogP contribution >= 0.6 is 11.6 Å². The van der Waals surface area contributed by atoms with E-state index in [1.54, 1.807) is 0 Å². The van der Waals surface area contributed by atoms with Gasteiger partial charge in [-0.2, -0.15) is 0 Å². The van der Waals surface area contributed by atoms with Crippen LogP contribution in [0.5, 0.6) is 0 Å². The molecule has 1 rings (SSSR count). The largest absolute Gasteiger partial charge is 0.288 e. The van der Waals surface area contributed by atoms with Crippen LogP contribution < -0.4 is 0 Å². The van der Waals surface area contributed by atoms with Gasteiger partial charge in [0.2, 0.25) is 5.70 Å². The minimum Gasteiger partial charge on any atom is -0.259 e. The molecule has 0 aliphatic carbocycles. The lowest BCUT2D eigenvalue weighted by molar-refractivity contribution is -0.422. The lowest BCUT2D eigenvalue weighted by Gasteiger charge is -1.97. The molecule has 1 aromatic carbocycles. The van der Waals surface area contributed by atoms with Crippen molar-refractivity contribution in [3.05, 3.63) is 54.7 Å². The Hall–Kier alpha value is -1.95. The molecule has 0 bridgehead atoms. The van der Waals surface area contributed by atoms with Crippen molar-refractivity contribution in [2.24, 2.45) is 0 Å². The number of allylic oxidation sites excluding steroid dienone is 1. The third-order valence-electron chi connectivity index (χ3n) is 1.83. The zero-order chi connectivity index (χ0) is 12.3. The van der Waals surface area contributed by atoms with Gasteiger partial charge in [-0.05, 0) is 11.6 Å². The second kappa shape index (κ2) is 4.71. The Balaban J connectivity index is 3.18. The number of rotatable bonds is 3. The number of hydrogen-bond donors (Lipinski definition) is 0. The van der Waals surface area contributed by atoms with Crippen LogP contribution in [0.3, 0.4) is 0 Å². The summed E-state index contributed by atoms with van der Waals surface area (Å²) in [4.78, 5) is 19.7. The standard InChI is InChI=1S/C9H7ClN2O4/c1-6(11(13)14)4-7-2-3-8(10)9(5-7)12(15)16/h2-5H,1H3/b6-4+. The number of hydrogen-bond acceptors (Lipinski definition) is 4. The SMILES string of the molecule is C/C(=C\c1ccc(Cl)c([N+](=O)[O-])c1)[N+](=O)[O-]. The number of nitro benzene ring substituents is 1. The normalized spacial score (nSPS) is 11.2. The fraction of sp³-hybridized carbons (Fsp3) is 0.111. The Bertz CT molecular complexity index is 484. The molecule has 1 aromatic rings. The third kappa shape index (κ3) is 2.77. The van der Waals surface area contributed by atoms with Crippen LogP contribution in [0, 0.1) is 20.2 Å². The molecular formula is C9H7ClN2O4. The number of nitrogens with zero attached hydrogens (tertiary/aromatic N) is 2. The van der Waals surface area contributed by atoms with Crippen molar-refractivity contribution in [1.82, 2.24) is 0 Å². The minimum atomic E-state index is -0.638. The van der Waals surface area contributed by atoms with Crippen LogP contribution in [0.1, 0.15) is 12.5 Å². The summed E-state index contributed by atoms with van der Waals surface area (Å²) in [7, 11) is 0. The molecule has 0 heterocycles. The smallest absolute Gasteiger partial charge is 0.259 e. The van der Waals surface area contributed by atoms with Crippen molar-refractivity contribution in [3.63, 3.8) is 0 Å². The van der Waals surface area contributed by atoms with Crippen LogP contribution in [0.4, 0.5) is 5.69 Å². The maximum atomic E-state index is 10.6. The molecular weight excluding hydrogens is 236 g/mol. The molecule has 0 aromatic heterocycles. The van der Waals surface area contributed by atoms with Crippen molar-refractivity contribution in [3.8, 4) is 0 Å². The molecule has 16 heavy (non-hydrogen) atoms. The predicted octanol–water partition coefficient (Wildman–Crippen LogP) is 2.89. The molecule has 0 radical (unpaired) electrons. The molecule has 0 fully saturated rings. The lowest BCUT2D eigenvalue weighted by Crippen LogP contribution is -1.94. The van der Waals surface area contributed by atoms with E-state index in [1.165, 1.54) is 31.2 Å². The Morgan fingerprint density at radius 3 is 2.50 bits per heavy atom. The quantitative estimate of drug-likeness (QED) is 0.602. The van der Waals surface area contributed by atoms with Gasteiger partial charge in [-0.25, -0.2) is 0 Å². The van der Waals surface area contributed by atoms with Gasteiger partial charge in [-0.1, -0.05) is 17.7 Å². The van der Waals surface area contributed by atoms with Gasteiger partial charge in [0.1, 0.15) is 5.02 Å². The van der Waals surface area contributed by atoms with Gasteiger partial charge in [-0.15, -0.1) is 0 Å². The molecule has 0 atom stereocenters. The van der Waals surface area contributed by atoms with Gasteiger partial charge >= 0.3 is 0 Å². The second-order valence-corrected chi connectivity index (χ2v) is 3.42. The highest BCUT2D eigenvalue weighted by molar-refractivity contribution is 6.32. The highest BCUT2D eigenvalue weighted by Gasteiger charge is 2.13. The minimum absolute atomic E-state index is 0.000839. The molecule has 0 aliphatic heterocycles. The van der Waals surface area contributed by atoms with Crippen LogP contribution in [-0.2, 0) is 0 Å². The first-order valence-electron chi connectivity index (χ1n) is 4.18. The number of benzene rings is 1. The van der Waals surface area contributed by atoms with Crippen LogP contribution in [-0.4, -0.2) is 9.85 Å². The summed E-state index contributed by atoms with van der Waals surface area (Å²) in [6.45, 7) is 1.31. The van der Waals surface area contributed by atoms with Crippen molar-refractivity contribution < 1.29 is 9.85 Å². The Kier molecular flexibility index (Phi) is 3.57. The average molecular weight is 243 g/mol. The molecule has 0 spiro atoms. The maximum absolute atomic E-state index is 10.6. The number of nitro groups is 2. The predicted molar refractivity (Wildman–Crippen MR) is 58.8 cm³/mol. The summed E-state index contributed by atoms with van der Waals surface area (Å²) >= 11 is 5.59. The molecule has 0 N–H and O–H groups in total. The van der Waals surface area contributed by atoms with Crippen molar-refractivity contribution in [1.29, 1.82) is 0 Å². The summed E-state index contributed by atoms with van der Waals surface area (Å²) in [6, 6.07) is 4.00. The van der Waals surface area contributed by atoms with Crippen molar-refractivity contribution in [2.75, 3.05) is 0 Å². The number of halogens is 1. The molecule has 7 heteroatoms. The average Bonchev–Trinajstić information content (AvgIpc) is 2.20. The molecule has 0 unspecified atom stereocenters. The van der Waals surface area contributed by atoms with E-state index in [9.17, 15) is 20.2 Å². The van der Waals surface area contributed by atoms with Gasteiger partial charge in [-0.3, -0.25) is 20.2 Å². The summed E-state index contributed by atoms with van der Waals surface area (Å²) in [5.74, 6) is 0. The van der Waals surface area contributed by atoms with E-state index in [4.69, 9.17) is 11.6 Å². The van der Waals surface area contributed by atoms with E-state index in [0.29, 0.717) is 5.56 Å². The Labute approximate surface area is 95.4 Å². The molecule has 84 valence electrons. The van der Waals surface area contributed by atoms with E-state index < -0.39 is 9.85 Å². The third-order valence-corrected chi connectivity index (χ3v) is 2.15. The fourth-order valence-corrected chi connectivity index (χ4v) is 1.24. The van der Waals surface area contributed by atoms with Crippen molar-refractivity contribution in [2.45, 2.75) is 6.92 Å². The first kappa shape index (κ1) is 12.1. The zero-order valence-corrected chi connectivity index (χ0v) is 8.97. The van der Waals surface area contributed by atoms with E-state index >= 15 is 0 Å². The first-order chi connectivity index (χ1) is 7.41. The zero-order valence-electron chi connectivity index (χ0n) is 8.21. The summed E-state index contributed by atoms with van der Waals surface area (Å²) in [6.07, 6.45) is 1.24. The van der Waals surface area contributed by atoms with Gasteiger partial charge in [0.15, 0.2) is 0 Å². The monoisotopic (exact) mass is 242 g/mol. The highest BCUT2D eigenvalue weighted by Crippen LogP contribution is 2.25. The Morgan fingerprint density at radius 2 is 2.00 bits per heavy atom. The molecule has 0 saturated heterocycles. The summed E-state index contributed by atoms with van der Waals surface area (Å²) < 4.78 is 0. The first-order valence-corrected chi connectivity index (χ1v) is 4.56. The van der Waals surface area contributed by atoms with Crippen LogP contribution in [0.15, 0.2) is 23.9 Å². The fourth-order valence-electron chi connectivity index (χ4n) is 1.05. The molecule has 0 aliphatic rings. The van der Waals surface area contributed by atoms with Crippen LogP contribution in [0.25, 0.3) is 6.08 Å². The molecule has 6 nitrogen and oxygen atoms in total. The van der Waals surface area contributed by atoms with Gasteiger partial charge in [0, 0.05) is 19.1 Å². The van der Waals surface area contributed by atoms with E-state index in [2.05, 4.69) is 0 Å². The van der Waals surface area contributed by atoms with Crippen molar-refractivity contribution >= 4 is 23.4 Å². The molecule has 0 amide bonds. The second-order valence-electron chi connectivity index (χ2n) is 3.01. The topological polar surface area (TPSA) is 86.3 Å². The maximum Gasteiger partial charge on any atom is 0.288 e. The van der Waals surface area contributed by atoms with Gasteiger partial charge < -0.3 is 0 Å². The summed E-state index contributed by atoms with van der Waals surface area (Å²) in [5.41, 5.74) is -0.00603. The molecule has 0 saturated carbocycles. The lowest BCUT2D eigenvalue weighted by atomic mass is 10.2. The van der Waals surface area contributed by atoms with E-state index in [0.717, 1.165) is 0 Å². The van der Waals surface area contributed by atoms with E-state index in [1.807, 2.05) is 0 Å². The Morgan fingerprint density at radius 1 is 1.38 bits per heavy atom. The van der Waals surface area contributed by atoms with Gasteiger partial charge in [0.25, 0.3) is 5.69 Å². The van der Waals surface area contributed by atoms with Gasteiger partial charge in [0.05, 0.1) is 9.85 Å². The summed E-state index contributed by atoms with van der Waals surface area (Å²) in [5, 5.41) is 20.9. The van der Waals surface area contributed by atoms with E-state index in [-0.39, 0.29) is 16.4 Å². The highest BCUT2D eigenvalue weighted by atomic mass is 35.5. The van der Waals surface area contributed by atoms with Crippen LogP contribution in [0.2, 0.25) is 5.02 Å².